The third-order valence-electron chi connectivity index (χ3n) is 19.0. The molecule has 4 aromatic heterocycles. The first-order chi connectivity index (χ1) is 60.5. The number of hydrogen-bond acceptors (Lipinski definition) is 26. The zero-order valence-electron chi connectivity index (χ0n) is 75.5. The van der Waals surface area contributed by atoms with E-state index in [0.29, 0.717) is 139 Å². The standard InChI is InChI=1S/C25H31N3O6.C24H29N3O6.C19H21N3O4.C19H22N2O5.C6H11NO2.2ClH/c1-16-12-17(15-26-24(31)34-25(2,3)4)13-21(27-16)33-19-9-6-8-18(14-19)22(29)28-11-7-10-20(28)23(30)32-5;1-15-11-16(14-25-23(31)33-24(2,3)4)12-20(26-15)32-18-8-5-7-17(13-18)21(28)27-10-6-9-19(27)22(29)30;1-12-8-13(11-20)9-17(21-12)26-15-5-2-4-14(10-15)18(23)22-7-3-6-16(22)19(24)25;1-12-8-13(11-20-18(24)26-19(2,3)4)9-16(21-12)25-15-7-5-6-14(10-15)17(22)23;1-9-6(8)5-3-2-4-7-5;;/h6,8-9,12-14,20H,7,10-11,15H2,1-5H3,(H,26,31);5,7-8,11-13,19H,6,9-10,14H2,1-4H3,(H,25,31)(H,29,30);2,4-5,8-10,16H,3,6-7,11,20H2,1H3,(H,24,25);5-10H,11H2,1-4H3,(H,20,24)(H,22,23);5,7H,2-4H2,1H3;2*1H/t20-;19-;16-;;5-;;/m000.0../s1. The van der Waals surface area contributed by atoms with Crippen LogP contribution in [-0.2, 0) is 69.0 Å². The fourth-order valence-electron chi connectivity index (χ4n) is 13.6. The molecule has 4 aromatic carbocycles. The van der Waals surface area contributed by atoms with Crippen LogP contribution in [0.15, 0.2) is 146 Å². The highest BCUT2D eigenvalue weighted by Gasteiger charge is 2.38. The lowest BCUT2D eigenvalue weighted by Crippen LogP contribution is -2.41. The van der Waals surface area contributed by atoms with Gasteiger partial charge >= 0.3 is 48.1 Å². The van der Waals surface area contributed by atoms with Crippen molar-refractivity contribution < 1.29 is 111 Å². The number of nitrogens with zero attached hydrogens (tertiary/aromatic N) is 7. The third kappa shape index (κ3) is 34.4. The molecule has 35 nitrogen and oxygen atoms in total. The lowest BCUT2D eigenvalue weighted by atomic mass is 10.1. The van der Waals surface area contributed by atoms with E-state index in [2.05, 4.69) is 45.9 Å². The number of carbonyl (C=O) groups excluding carboxylic acids is 8. The number of carbonyl (C=O) groups is 11. The maximum atomic E-state index is 13.0. The highest BCUT2D eigenvalue weighted by atomic mass is 35.5. The van der Waals surface area contributed by atoms with Crippen molar-refractivity contribution >= 4 is 90.7 Å². The molecule has 4 aliphatic rings. The van der Waals surface area contributed by atoms with Crippen LogP contribution in [0.25, 0.3) is 0 Å². The van der Waals surface area contributed by atoms with Crippen LogP contribution in [0.4, 0.5) is 14.4 Å². The van der Waals surface area contributed by atoms with Gasteiger partial charge in [0.2, 0.25) is 23.5 Å². The Morgan fingerprint density at radius 1 is 0.400 bits per heavy atom. The van der Waals surface area contributed by atoms with Crippen LogP contribution >= 0.6 is 24.8 Å². The molecule has 0 unspecified atom stereocenters. The molecule has 4 fully saturated rings. The van der Waals surface area contributed by atoms with Gasteiger partial charge in [0.05, 0.1) is 19.8 Å². The van der Waals surface area contributed by atoms with Crippen molar-refractivity contribution in [2.45, 2.75) is 209 Å². The van der Waals surface area contributed by atoms with E-state index < -0.39 is 77.1 Å². The summed E-state index contributed by atoms with van der Waals surface area (Å²) < 4.78 is 48.3. The molecular weight excluding hydrogens is 1720 g/mol. The average molecular weight is 1840 g/mol. The number of aromatic nitrogens is 4. The molecule has 0 spiro atoms. The normalized spacial score (nSPS) is 15.4. The zero-order chi connectivity index (χ0) is 93.7. The molecule has 37 heteroatoms. The number of aromatic carboxylic acids is 1. The summed E-state index contributed by atoms with van der Waals surface area (Å²) in [6.45, 7) is 26.8. The van der Waals surface area contributed by atoms with Gasteiger partial charge in [-0.05, 0) is 267 Å². The molecule has 130 heavy (non-hydrogen) atoms. The smallest absolute Gasteiger partial charge is 0.407 e. The Hall–Kier alpha value is -13.3. The number of rotatable bonds is 23. The molecule has 700 valence electrons. The predicted octanol–water partition coefficient (Wildman–Crippen LogP) is 14.9. The van der Waals surface area contributed by atoms with Crippen LogP contribution in [0.2, 0.25) is 0 Å². The predicted molar refractivity (Wildman–Crippen MR) is 483 cm³/mol. The lowest BCUT2D eigenvalue weighted by molar-refractivity contribution is -0.145. The fourth-order valence-corrected chi connectivity index (χ4v) is 13.6. The van der Waals surface area contributed by atoms with E-state index in [0.717, 1.165) is 53.8 Å². The van der Waals surface area contributed by atoms with Crippen molar-refractivity contribution in [1.82, 2.24) is 55.9 Å². The summed E-state index contributed by atoms with van der Waals surface area (Å²) >= 11 is 0. The summed E-state index contributed by atoms with van der Waals surface area (Å²) in [5.41, 5.74) is 11.4. The van der Waals surface area contributed by atoms with Crippen molar-refractivity contribution in [2.24, 2.45) is 5.73 Å². The summed E-state index contributed by atoms with van der Waals surface area (Å²) in [5, 5.41) is 38.8. The van der Waals surface area contributed by atoms with E-state index in [1.807, 2.05) is 45.0 Å². The minimum Gasteiger partial charge on any atom is -0.480 e. The van der Waals surface area contributed by atoms with Crippen LogP contribution in [0.5, 0.6) is 46.5 Å². The van der Waals surface area contributed by atoms with Gasteiger partial charge < -0.3 is 99.7 Å². The van der Waals surface area contributed by atoms with Gasteiger partial charge in [0.25, 0.3) is 17.7 Å². The SMILES string of the molecule is COC(=O)[C@@H]1CCCN1.COC(=O)[C@@H]1CCCN1C(=O)c1cccc(Oc2cc(CNC(=O)OC(C)(C)C)cc(C)n2)c1.Cc1cc(CN)cc(Oc2cccc(C(=O)N3CCC[C@H]3C(=O)O)c2)n1.Cc1cc(CNC(=O)OC(C)(C)C)cc(Oc2cccc(C(=O)N3CCC[C@H]3C(=O)O)c2)n1.Cc1cc(CNC(=O)OC(C)(C)C)cc(Oc2cccc(C(=O)O)c2)n1.Cl.Cl. The number of halogens is 2. The topological polar surface area (TPSA) is 467 Å². The number of esters is 2. The number of alkyl carbamates (subject to hydrolysis) is 3. The number of pyridine rings is 4. The zero-order valence-corrected chi connectivity index (χ0v) is 77.1. The highest BCUT2D eigenvalue weighted by molar-refractivity contribution is 5.99. The number of aliphatic carboxylic acids is 2. The molecule has 4 aliphatic heterocycles. The van der Waals surface area contributed by atoms with Crippen molar-refractivity contribution in [3.8, 4) is 46.5 Å². The number of ether oxygens (including phenoxy) is 9. The summed E-state index contributed by atoms with van der Waals surface area (Å²) in [4.78, 5) is 152. The van der Waals surface area contributed by atoms with Crippen molar-refractivity contribution in [3.05, 3.63) is 213 Å². The quantitative estimate of drug-likeness (QED) is 0.0218. The number of nitrogens with two attached hydrogens (primary N) is 1. The number of hydrogen-bond donors (Lipinski definition) is 8. The number of nitrogens with one attached hydrogen (secondary N) is 4. The minimum absolute atomic E-state index is 0. The van der Waals surface area contributed by atoms with Crippen molar-refractivity contribution in [2.75, 3.05) is 40.4 Å². The second-order valence-electron chi connectivity index (χ2n) is 33.3. The van der Waals surface area contributed by atoms with Gasteiger partial charge in [-0.1, -0.05) is 24.3 Å². The van der Waals surface area contributed by atoms with Crippen molar-refractivity contribution in [1.29, 1.82) is 0 Å². The van der Waals surface area contributed by atoms with Gasteiger partial charge in [-0.15, -0.1) is 24.8 Å². The molecule has 9 N–H and O–H groups in total. The van der Waals surface area contributed by atoms with Gasteiger partial charge in [-0.2, -0.15) is 0 Å². The lowest BCUT2D eigenvalue weighted by Gasteiger charge is -2.22. The van der Waals surface area contributed by atoms with Gasteiger partial charge in [0, 0.05) is 110 Å². The maximum Gasteiger partial charge on any atom is 0.407 e. The molecule has 12 rings (SSSR count). The largest absolute Gasteiger partial charge is 0.480 e. The third-order valence-corrected chi connectivity index (χ3v) is 19.0. The first kappa shape index (κ1) is 106. The number of methoxy groups -OCH3 is 2. The van der Waals surface area contributed by atoms with E-state index in [1.165, 1.54) is 41.1 Å². The van der Waals surface area contributed by atoms with Crippen LogP contribution in [0.1, 0.15) is 200 Å². The first-order valence-corrected chi connectivity index (χ1v) is 41.6. The van der Waals surface area contributed by atoms with E-state index in [4.69, 9.17) is 48.7 Å². The first-order valence-electron chi connectivity index (χ1n) is 41.6. The van der Waals surface area contributed by atoms with Gasteiger partial charge in [0.15, 0.2) is 0 Å². The molecule has 0 radical (unpaired) electrons. The monoisotopic (exact) mass is 1840 g/mol. The Morgan fingerprint density at radius 3 is 0.977 bits per heavy atom. The number of benzene rings is 4. The molecule has 4 atom stereocenters. The van der Waals surface area contributed by atoms with Crippen LogP contribution in [0.3, 0.4) is 0 Å². The minimum atomic E-state index is -1.03. The summed E-state index contributed by atoms with van der Waals surface area (Å²) in [5.74, 6) is -1.42. The Labute approximate surface area is 767 Å². The molecule has 0 bridgehead atoms. The molecule has 8 aromatic rings. The Morgan fingerprint density at radius 2 is 0.692 bits per heavy atom. The average Bonchev–Trinajstić information content (AvgIpc) is 1.59. The van der Waals surface area contributed by atoms with E-state index in [9.17, 15) is 63.0 Å². The van der Waals surface area contributed by atoms with Crippen LogP contribution in [-0.4, -0.2) is 197 Å². The Balaban J connectivity index is 0.000000258. The number of amides is 6. The Kier molecular flexibility index (Phi) is 40.1. The van der Waals surface area contributed by atoms with Crippen molar-refractivity contribution in [3.63, 3.8) is 0 Å². The second kappa shape index (κ2) is 49.3. The number of aryl methyl sites for hydroxylation is 4. The number of carboxylic acids is 3. The van der Waals surface area contributed by atoms with Gasteiger partial charge in [0.1, 0.15) is 64.0 Å². The summed E-state index contributed by atoms with van der Waals surface area (Å²) in [6, 6.07) is 38.2. The molecule has 0 saturated carbocycles. The van der Waals surface area contributed by atoms with Gasteiger partial charge in [-0.3, -0.25) is 19.2 Å². The highest BCUT2D eigenvalue weighted by Crippen LogP contribution is 2.32. The van der Waals surface area contributed by atoms with Crippen LogP contribution < -0.4 is 45.9 Å². The molecular formula is C93H116Cl2N12O23. The van der Waals surface area contributed by atoms with E-state index in [1.54, 1.807) is 178 Å². The van der Waals surface area contributed by atoms with E-state index >= 15 is 0 Å². The summed E-state index contributed by atoms with van der Waals surface area (Å²) in [6.07, 6.45) is 4.07. The second-order valence-corrected chi connectivity index (χ2v) is 33.3. The molecule has 6 amide bonds. The molecule has 0 aliphatic carbocycles. The fraction of sp³-hybridized carbons (Fsp3) is 0.409. The molecule has 8 heterocycles. The van der Waals surface area contributed by atoms with Crippen LogP contribution in [0, 0.1) is 27.7 Å². The van der Waals surface area contributed by atoms with E-state index in [-0.39, 0.29) is 79.7 Å². The maximum absolute atomic E-state index is 13.0. The molecule has 4 saturated heterocycles. The Bertz CT molecular complexity index is 5270. The van der Waals surface area contributed by atoms with Gasteiger partial charge in [-0.25, -0.2) is 53.5 Å². The number of carboxylic acid groups (broad SMARTS) is 3. The summed E-state index contributed by atoms with van der Waals surface area (Å²) in [7, 11) is 2.74. The number of likely N-dealkylation sites (tertiary alicyclic amines) is 3.